The molecule has 0 aliphatic rings. The fourth-order valence-corrected chi connectivity index (χ4v) is 2.18. The average Bonchev–Trinajstić information content (AvgIpc) is 2.54. The fourth-order valence-electron chi connectivity index (χ4n) is 2.18. The Morgan fingerprint density at radius 3 is 2.19 bits per heavy atom. The molecule has 4 nitrogen and oxygen atoms in total. The van der Waals surface area contributed by atoms with Gasteiger partial charge in [-0.25, -0.2) is 0 Å². The maximum absolute atomic E-state index is 12.7. The summed E-state index contributed by atoms with van der Waals surface area (Å²) in [4.78, 5) is 14.3. The number of rotatable bonds is 4. The summed E-state index contributed by atoms with van der Waals surface area (Å²) in [5.74, 6) is 0.581. The molecule has 21 heavy (non-hydrogen) atoms. The number of amides is 1. The predicted octanol–water partition coefficient (Wildman–Crippen LogP) is 2.53. The highest BCUT2D eigenvalue weighted by Crippen LogP contribution is 2.24. The van der Waals surface area contributed by atoms with Gasteiger partial charge in [0, 0.05) is 12.7 Å². The van der Waals surface area contributed by atoms with Gasteiger partial charge in [0.25, 0.3) is 5.91 Å². The lowest BCUT2D eigenvalue weighted by Gasteiger charge is -2.29. The van der Waals surface area contributed by atoms with E-state index >= 15 is 0 Å². The molecule has 0 saturated carbocycles. The Labute approximate surface area is 125 Å². The highest BCUT2D eigenvalue weighted by molar-refractivity contribution is 6.00. The van der Waals surface area contributed by atoms with Crippen molar-refractivity contribution in [2.24, 2.45) is 5.73 Å². The van der Waals surface area contributed by atoms with E-state index in [0.717, 1.165) is 17.0 Å². The van der Waals surface area contributed by atoms with Gasteiger partial charge in [0.1, 0.15) is 11.3 Å². The molecule has 0 saturated heterocycles. The zero-order chi connectivity index (χ0) is 15.5. The number of carbonyl (C=O) groups is 1. The number of nitrogens with zero attached hydrogens (tertiary/aromatic N) is 1. The summed E-state index contributed by atoms with van der Waals surface area (Å²) in [6.45, 7) is 1.73. The quantitative estimate of drug-likeness (QED) is 0.938. The number of likely N-dealkylation sites (N-methyl/N-ethyl adjacent to an activating group) is 1. The number of hydrogen-bond donors (Lipinski definition) is 1. The molecule has 0 aliphatic carbocycles. The smallest absolute Gasteiger partial charge is 0.251 e. The molecule has 2 rings (SSSR count). The predicted molar refractivity (Wildman–Crippen MR) is 84.4 cm³/mol. The number of carbonyl (C=O) groups excluding carboxylic acids is 1. The Bertz CT molecular complexity index is 606. The van der Waals surface area contributed by atoms with E-state index in [4.69, 9.17) is 10.5 Å². The third-order valence-corrected chi connectivity index (χ3v) is 3.58. The van der Waals surface area contributed by atoms with Gasteiger partial charge in [0.05, 0.1) is 7.11 Å². The summed E-state index contributed by atoms with van der Waals surface area (Å²) in [7, 11) is 3.33. The second-order valence-corrected chi connectivity index (χ2v) is 5.13. The van der Waals surface area contributed by atoms with Crippen molar-refractivity contribution in [3.05, 3.63) is 60.2 Å². The van der Waals surface area contributed by atoms with Crippen molar-refractivity contribution in [3.63, 3.8) is 0 Å². The van der Waals surface area contributed by atoms with E-state index in [1.807, 2.05) is 54.6 Å². The first-order chi connectivity index (χ1) is 9.96. The molecule has 4 heteroatoms. The third kappa shape index (κ3) is 3.06. The van der Waals surface area contributed by atoms with Crippen LogP contribution in [0.5, 0.6) is 5.75 Å². The molecule has 1 atom stereocenters. The fraction of sp³-hybridized carbons (Fsp3) is 0.235. The van der Waals surface area contributed by atoms with Gasteiger partial charge < -0.3 is 15.4 Å². The van der Waals surface area contributed by atoms with Crippen LogP contribution in [-0.4, -0.2) is 20.1 Å². The van der Waals surface area contributed by atoms with E-state index in [2.05, 4.69) is 0 Å². The van der Waals surface area contributed by atoms with Crippen LogP contribution in [0.25, 0.3) is 0 Å². The molecule has 0 fully saturated rings. The van der Waals surface area contributed by atoms with Gasteiger partial charge in [0.2, 0.25) is 0 Å². The Kier molecular flexibility index (Phi) is 4.29. The Morgan fingerprint density at radius 1 is 1.10 bits per heavy atom. The molecule has 0 aromatic heterocycles. The number of methoxy groups -OCH3 is 1. The molecule has 0 spiro atoms. The van der Waals surface area contributed by atoms with Gasteiger partial charge in [-0.15, -0.1) is 0 Å². The highest BCUT2D eigenvalue weighted by atomic mass is 16.5. The summed E-state index contributed by atoms with van der Waals surface area (Å²) >= 11 is 0. The minimum atomic E-state index is -1.07. The molecule has 1 amide bonds. The molecule has 2 N–H and O–H groups in total. The van der Waals surface area contributed by atoms with Crippen molar-refractivity contribution in [1.82, 2.24) is 0 Å². The molecule has 0 aliphatic heterocycles. The van der Waals surface area contributed by atoms with Crippen molar-refractivity contribution in [2.45, 2.75) is 12.5 Å². The van der Waals surface area contributed by atoms with E-state index < -0.39 is 5.54 Å². The largest absolute Gasteiger partial charge is 0.497 e. The molecule has 2 aromatic rings. The zero-order valence-corrected chi connectivity index (χ0v) is 12.5. The maximum atomic E-state index is 12.7. The lowest BCUT2D eigenvalue weighted by atomic mass is 9.91. The van der Waals surface area contributed by atoms with Gasteiger partial charge in [-0.2, -0.15) is 0 Å². The topological polar surface area (TPSA) is 55.6 Å². The van der Waals surface area contributed by atoms with E-state index in [1.165, 1.54) is 0 Å². The van der Waals surface area contributed by atoms with Crippen molar-refractivity contribution >= 4 is 11.6 Å². The Morgan fingerprint density at radius 2 is 1.67 bits per heavy atom. The third-order valence-electron chi connectivity index (χ3n) is 3.58. The van der Waals surface area contributed by atoms with Crippen LogP contribution >= 0.6 is 0 Å². The lowest BCUT2D eigenvalue weighted by molar-refractivity contribution is -0.123. The molecular weight excluding hydrogens is 264 g/mol. The van der Waals surface area contributed by atoms with Gasteiger partial charge in [-0.1, -0.05) is 30.3 Å². The van der Waals surface area contributed by atoms with E-state index in [0.29, 0.717) is 0 Å². The number of hydrogen-bond acceptors (Lipinski definition) is 3. The number of ether oxygens (including phenoxy) is 1. The van der Waals surface area contributed by atoms with Crippen LogP contribution in [0.3, 0.4) is 0 Å². The molecule has 1 unspecified atom stereocenters. The lowest BCUT2D eigenvalue weighted by Crippen LogP contribution is -2.49. The molecular formula is C17H20N2O2. The van der Waals surface area contributed by atoms with Crippen molar-refractivity contribution in [1.29, 1.82) is 0 Å². The monoisotopic (exact) mass is 284 g/mol. The number of nitrogens with two attached hydrogens (primary N) is 1. The van der Waals surface area contributed by atoms with Gasteiger partial charge in [0.15, 0.2) is 0 Å². The summed E-state index contributed by atoms with van der Waals surface area (Å²) in [5.41, 5.74) is 6.75. The second-order valence-electron chi connectivity index (χ2n) is 5.13. The SMILES string of the molecule is COc1ccc(N(C)C(=O)C(C)(N)c2ccccc2)cc1. The second kappa shape index (κ2) is 5.97. The average molecular weight is 284 g/mol. The summed E-state index contributed by atoms with van der Waals surface area (Å²) in [6, 6.07) is 16.7. The van der Waals surface area contributed by atoms with E-state index in [1.54, 1.807) is 26.0 Å². The molecule has 0 bridgehead atoms. The zero-order valence-electron chi connectivity index (χ0n) is 12.5. The highest BCUT2D eigenvalue weighted by Gasteiger charge is 2.33. The Balaban J connectivity index is 2.25. The normalized spacial score (nSPS) is 13.3. The summed E-state index contributed by atoms with van der Waals surface area (Å²) < 4.78 is 5.12. The first-order valence-corrected chi connectivity index (χ1v) is 6.73. The van der Waals surface area contributed by atoms with Gasteiger partial charge in [-0.3, -0.25) is 4.79 Å². The minimum absolute atomic E-state index is 0.168. The molecule has 0 radical (unpaired) electrons. The van der Waals surface area contributed by atoms with Crippen LogP contribution in [0.4, 0.5) is 5.69 Å². The van der Waals surface area contributed by atoms with Crippen LogP contribution in [0, 0.1) is 0 Å². The molecule has 0 heterocycles. The van der Waals surface area contributed by atoms with Crippen molar-refractivity contribution in [3.8, 4) is 5.75 Å². The van der Waals surface area contributed by atoms with Crippen LogP contribution < -0.4 is 15.4 Å². The van der Waals surface area contributed by atoms with Crippen LogP contribution in [0.15, 0.2) is 54.6 Å². The molecule has 110 valence electrons. The standard InChI is InChI=1S/C17H20N2O2/c1-17(18,13-7-5-4-6-8-13)16(20)19(2)14-9-11-15(21-3)12-10-14/h4-12H,18H2,1-3H3. The van der Waals surface area contributed by atoms with Crippen LogP contribution in [0.2, 0.25) is 0 Å². The first kappa shape index (κ1) is 15.1. The van der Waals surface area contributed by atoms with Gasteiger partial charge in [-0.05, 0) is 36.8 Å². The summed E-state index contributed by atoms with van der Waals surface area (Å²) in [6.07, 6.45) is 0. The Hall–Kier alpha value is -2.33. The van der Waals surface area contributed by atoms with Crippen molar-refractivity contribution in [2.75, 3.05) is 19.1 Å². The number of anilines is 1. The van der Waals surface area contributed by atoms with Crippen molar-refractivity contribution < 1.29 is 9.53 Å². The molecule has 2 aromatic carbocycles. The van der Waals surface area contributed by atoms with E-state index in [9.17, 15) is 4.79 Å². The first-order valence-electron chi connectivity index (χ1n) is 6.73. The maximum Gasteiger partial charge on any atom is 0.251 e. The number of benzene rings is 2. The van der Waals surface area contributed by atoms with Gasteiger partial charge >= 0.3 is 0 Å². The van der Waals surface area contributed by atoms with E-state index in [-0.39, 0.29) is 5.91 Å². The van der Waals surface area contributed by atoms with Crippen LogP contribution in [0.1, 0.15) is 12.5 Å². The summed E-state index contributed by atoms with van der Waals surface area (Å²) in [5, 5.41) is 0. The van der Waals surface area contributed by atoms with Crippen LogP contribution in [-0.2, 0) is 10.3 Å². The minimum Gasteiger partial charge on any atom is -0.497 e.